The van der Waals surface area contributed by atoms with E-state index in [-0.39, 0.29) is 5.92 Å². The van der Waals surface area contributed by atoms with E-state index in [1.807, 2.05) is 0 Å². The quantitative estimate of drug-likeness (QED) is 0.864. The molecule has 2 rings (SSSR count). The summed E-state index contributed by atoms with van der Waals surface area (Å²) in [7, 11) is 0. The molecule has 0 radical (unpaired) electrons. The van der Waals surface area contributed by atoms with Crippen LogP contribution in [0.1, 0.15) is 50.2 Å². The Morgan fingerprint density at radius 1 is 1.21 bits per heavy atom. The van der Waals surface area contributed by atoms with E-state index in [0.717, 1.165) is 25.8 Å². The van der Waals surface area contributed by atoms with Crippen LogP contribution >= 0.6 is 0 Å². The van der Waals surface area contributed by atoms with Gasteiger partial charge in [-0.25, -0.2) is 8.78 Å². The first-order valence-corrected chi connectivity index (χ1v) is 7.24. The predicted octanol–water partition coefficient (Wildman–Crippen LogP) is 4.15. The molecule has 1 aromatic carbocycles. The van der Waals surface area contributed by atoms with E-state index in [1.165, 1.54) is 0 Å². The van der Waals surface area contributed by atoms with Crippen LogP contribution < -0.4 is 5.32 Å². The van der Waals surface area contributed by atoms with Gasteiger partial charge in [0.15, 0.2) is 11.6 Å². The lowest BCUT2D eigenvalue weighted by Gasteiger charge is -2.22. The van der Waals surface area contributed by atoms with E-state index >= 15 is 0 Å². The zero-order valence-corrected chi connectivity index (χ0v) is 12.0. The summed E-state index contributed by atoms with van der Waals surface area (Å²) in [6.45, 7) is 6.87. The minimum absolute atomic E-state index is 0.129. The molecule has 0 amide bonds. The Kier molecular flexibility index (Phi) is 4.56. The number of hydrogen-bond donors (Lipinski definition) is 1. The molecule has 1 nitrogen and oxygen atoms in total. The molecular weight excluding hydrogens is 244 g/mol. The molecule has 1 N–H and O–H groups in total. The molecule has 0 saturated heterocycles. The molecule has 0 aliphatic heterocycles. The zero-order chi connectivity index (χ0) is 14.0. The Labute approximate surface area is 114 Å². The van der Waals surface area contributed by atoms with Crippen molar-refractivity contribution < 1.29 is 8.78 Å². The number of rotatable bonds is 4. The monoisotopic (exact) mass is 267 g/mol. The van der Waals surface area contributed by atoms with Crippen LogP contribution in [0.4, 0.5) is 8.78 Å². The third-order valence-corrected chi connectivity index (χ3v) is 4.42. The van der Waals surface area contributed by atoms with Crippen LogP contribution in [-0.2, 0) is 0 Å². The van der Waals surface area contributed by atoms with Gasteiger partial charge < -0.3 is 5.32 Å². The second-order valence-electron chi connectivity index (χ2n) is 5.70. The van der Waals surface area contributed by atoms with Crippen molar-refractivity contribution in [1.29, 1.82) is 0 Å². The Morgan fingerprint density at radius 3 is 2.63 bits per heavy atom. The second-order valence-corrected chi connectivity index (χ2v) is 5.70. The maximum absolute atomic E-state index is 14.1. The first-order chi connectivity index (χ1) is 9.06. The Balaban J connectivity index is 2.17. The van der Waals surface area contributed by atoms with Crippen LogP contribution in [0.5, 0.6) is 0 Å². The van der Waals surface area contributed by atoms with Gasteiger partial charge in [0.05, 0.1) is 0 Å². The fraction of sp³-hybridized carbons (Fsp3) is 0.625. The molecule has 1 aliphatic carbocycles. The fourth-order valence-corrected chi connectivity index (χ4v) is 3.17. The van der Waals surface area contributed by atoms with E-state index in [0.29, 0.717) is 23.1 Å². The highest BCUT2D eigenvalue weighted by molar-refractivity contribution is 5.29. The van der Waals surface area contributed by atoms with Crippen LogP contribution in [0.25, 0.3) is 0 Å². The van der Waals surface area contributed by atoms with Crippen molar-refractivity contribution in [3.63, 3.8) is 0 Å². The zero-order valence-electron chi connectivity index (χ0n) is 12.0. The van der Waals surface area contributed by atoms with E-state index in [4.69, 9.17) is 0 Å². The highest BCUT2D eigenvalue weighted by Crippen LogP contribution is 2.41. The lowest BCUT2D eigenvalue weighted by molar-refractivity contribution is 0.394. The maximum atomic E-state index is 14.1. The van der Waals surface area contributed by atoms with Crippen molar-refractivity contribution in [1.82, 2.24) is 5.32 Å². The van der Waals surface area contributed by atoms with Gasteiger partial charge in [-0.2, -0.15) is 0 Å². The Bertz CT molecular complexity index is 445. The summed E-state index contributed by atoms with van der Waals surface area (Å²) in [5.74, 6) is -0.852. The van der Waals surface area contributed by atoms with E-state index in [9.17, 15) is 8.78 Å². The number of hydrogen-bond acceptors (Lipinski definition) is 1. The van der Waals surface area contributed by atoms with Gasteiger partial charge in [-0.15, -0.1) is 0 Å². The topological polar surface area (TPSA) is 12.0 Å². The minimum Gasteiger partial charge on any atom is -0.314 e. The molecule has 0 heterocycles. The van der Waals surface area contributed by atoms with Crippen molar-refractivity contribution >= 4 is 0 Å². The van der Waals surface area contributed by atoms with Gasteiger partial charge in [-0.1, -0.05) is 26.0 Å². The van der Waals surface area contributed by atoms with Gasteiger partial charge in [0, 0.05) is 6.04 Å². The van der Waals surface area contributed by atoms with Gasteiger partial charge in [0.2, 0.25) is 0 Å². The molecule has 0 aromatic heterocycles. The lowest BCUT2D eigenvalue weighted by atomic mass is 9.88. The molecule has 19 heavy (non-hydrogen) atoms. The summed E-state index contributed by atoms with van der Waals surface area (Å²) in [5, 5.41) is 3.51. The summed E-state index contributed by atoms with van der Waals surface area (Å²) in [4.78, 5) is 0. The summed E-state index contributed by atoms with van der Waals surface area (Å²) >= 11 is 0. The molecule has 106 valence electrons. The third-order valence-electron chi connectivity index (χ3n) is 4.42. The Hall–Kier alpha value is -0.960. The minimum atomic E-state index is -0.685. The van der Waals surface area contributed by atoms with E-state index in [1.54, 1.807) is 19.1 Å². The van der Waals surface area contributed by atoms with Crippen LogP contribution in [0.2, 0.25) is 0 Å². The summed E-state index contributed by atoms with van der Waals surface area (Å²) in [6, 6.07) is 3.87. The van der Waals surface area contributed by atoms with Crippen LogP contribution in [0.15, 0.2) is 12.1 Å². The highest BCUT2D eigenvalue weighted by Gasteiger charge is 2.35. The van der Waals surface area contributed by atoms with Crippen molar-refractivity contribution in [2.45, 2.75) is 52.0 Å². The molecule has 3 atom stereocenters. The first-order valence-electron chi connectivity index (χ1n) is 7.24. The molecule has 1 aliphatic rings. The molecule has 3 heteroatoms. The summed E-state index contributed by atoms with van der Waals surface area (Å²) < 4.78 is 27.8. The smallest absolute Gasteiger partial charge is 0.162 e. The van der Waals surface area contributed by atoms with Crippen molar-refractivity contribution in [2.75, 3.05) is 6.54 Å². The van der Waals surface area contributed by atoms with Crippen molar-refractivity contribution in [3.8, 4) is 0 Å². The van der Waals surface area contributed by atoms with E-state index < -0.39 is 11.6 Å². The number of nitrogens with one attached hydrogen (secondary N) is 1. The molecular formula is C16H23F2N. The molecule has 0 bridgehead atoms. The number of benzene rings is 1. The third kappa shape index (κ3) is 2.81. The van der Waals surface area contributed by atoms with Gasteiger partial charge >= 0.3 is 0 Å². The predicted molar refractivity (Wildman–Crippen MR) is 74.3 cm³/mol. The molecule has 3 unspecified atom stereocenters. The highest BCUT2D eigenvalue weighted by atomic mass is 19.2. The molecule has 1 aromatic rings. The van der Waals surface area contributed by atoms with E-state index in [2.05, 4.69) is 19.2 Å². The summed E-state index contributed by atoms with van der Waals surface area (Å²) in [6.07, 6.45) is 3.07. The Morgan fingerprint density at radius 2 is 1.95 bits per heavy atom. The van der Waals surface area contributed by atoms with Crippen LogP contribution in [0, 0.1) is 24.5 Å². The van der Waals surface area contributed by atoms with Crippen molar-refractivity contribution in [3.05, 3.63) is 34.9 Å². The first kappa shape index (κ1) is 14.4. The largest absolute Gasteiger partial charge is 0.314 e. The van der Waals surface area contributed by atoms with Gasteiger partial charge in [0.25, 0.3) is 0 Å². The normalized spacial score (nSPS) is 26.9. The standard InChI is InChI=1S/C16H23F2N/c1-4-9-19-14-8-7-12(11(14)3)13-6-5-10(2)15(17)16(13)18/h5-6,11-12,14,19H,4,7-9H2,1-3H3. The number of aryl methyl sites for hydroxylation is 1. The lowest BCUT2D eigenvalue weighted by Crippen LogP contribution is -2.33. The summed E-state index contributed by atoms with van der Waals surface area (Å²) in [5.41, 5.74) is 0.934. The second kappa shape index (κ2) is 6.00. The molecule has 1 fully saturated rings. The average molecular weight is 267 g/mol. The average Bonchev–Trinajstić information content (AvgIpc) is 2.75. The van der Waals surface area contributed by atoms with Crippen molar-refractivity contribution in [2.24, 2.45) is 5.92 Å². The van der Waals surface area contributed by atoms with Crippen LogP contribution in [-0.4, -0.2) is 12.6 Å². The molecule has 0 spiro atoms. The SMILES string of the molecule is CCCNC1CCC(c2ccc(C)c(F)c2F)C1C. The maximum Gasteiger partial charge on any atom is 0.162 e. The van der Waals surface area contributed by atoms with Gasteiger partial charge in [-0.3, -0.25) is 0 Å². The number of halogens is 2. The van der Waals surface area contributed by atoms with Crippen LogP contribution in [0.3, 0.4) is 0 Å². The molecule has 1 saturated carbocycles. The van der Waals surface area contributed by atoms with Gasteiger partial charge in [-0.05, 0) is 55.7 Å². The van der Waals surface area contributed by atoms with Gasteiger partial charge in [0.1, 0.15) is 0 Å². The fourth-order valence-electron chi connectivity index (χ4n) is 3.17.